The molecule has 1 aliphatic rings. The summed E-state index contributed by atoms with van der Waals surface area (Å²) in [6.45, 7) is 10.9. The lowest BCUT2D eigenvalue weighted by molar-refractivity contribution is -0.106. The number of rotatable bonds is 5. The van der Waals surface area contributed by atoms with Gasteiger partial charge in [-0.05, 0) is 78.6 Å². The van der Waals surface area contributed by atoms with Crippen LogP contribution in [0.4, 0.5) is 0 Å². The Kier molecular flexibility index (Phi) is 7.28. The molecule has 1 aliphatic carbocycles. The van der Waals surface area contributed by atoms with Gasteiger partial charge in [-0.1, -0.05) is 55.4 Å². The third-order valence-electron chi connectivity index (χ3n) is 4.11. The van der Waals surface area contributed by atoms with Crippen LogP contribution in [0.25, 0.3) is 0 Å². The van der Waals surface area contributed by atoms with Crippen LogP contribution in [-0.2, 0) is 4.79 Å². The van der Waals surface area contributed by atoms with Crippen LogP contribution < -0.4 is 0 Å². The molecule has 0 aliphatic heterocycles. The van der Waals surface area contributed by atoms with E-state index in [4.69, 9.17) is 0 Å². The summed E-state index contributed by atoms with van der Waals surface area (Å²) in [4.78, 5) is 10.9. The second-order valence-electron chi connectivity index (χ2n) is 6.73. The van der Waals surface area contributed by atoms with E-state index in [0.717, 1.165) is 5.57 Å². The molecule has 0 saturated carbocycles. The van der Waals surface area contributed by atoms with Gasteiger partial charge in [0.2, 0.25) is 4.69 Å². The van der Waals surface area contributed by atoms with Crippen molar-refractivity contribution < 1.29 is 4.79 Å². The first-order chi connectivity index (χ1) is 10.2. The van der Waals surface area contributed by atoms with Gasteiger partial charge in [-0.15, -0.1) is 0 Å². The Balaban J connectivity index is 2.79. The highest BCUT2D eigenvalue weighted by atomic mass is 79.9. The quantitative estimate of drug-likeness (QED) is 0.312. The molecule has 0 spiro atoms. The molecule has 120 valence electrons. The van der Waals surface area contributed by atoms with Gasteiger partial charge in [0, 0.05) is 0 Å². The van der Waals surface area contributed by atoms with E-state index >= 15 is 0 Å². The van der Waals surface area contributed by atoms with Gasteiger partial charge in [0.05, 0.1) is 0 Å². The highest BCUT2D eigenvalue weighted by Gasteiger charge is 2.26. The molecule has 0 bridgehead atoms. The molecular formula is C20H27BrO. The summed E-state index contributed by atoms with van der Waals surface area (Å²) in [5, 5.41) is 0. The summed E-state index contributed by atoms with van der Waals surface area (Å²) in [5.41, 5.74) is 5.42. The largest absolute Gasteiger partial charge is 0.282 e. The summed E-state index contributed by atoms with van der Waals surface area (Å²) in [6, 6.07) is 0. The van der Waals surface area contributed by atoms with Crippen LogP contribution in [0.15, 0.2) is 58.7 Å². The minimum Gasteiger partial charge on any atom is -0.282 e. The van der Waals surface area contributed by atoms with Crippen molar-refractivity contribution in [2.45, 2.75) is 53.9 Å². The van der Waals surface area contributed by atoms with E-state index in [1.165, 1.54) is 36.0 Å². The summed E-state index contributed by atoms with van der Waals surface area (Å²) in [6.07, 6.45) is 15.8. The van der Waals surface area contributed by atoms with Crippen LogP contribution in [0.3, 0.4) is 0 Å². The molecule has 1 nitrogen and oxygen atoms in total. The molecule has 0 aromatic carbocycles. The van der Waals surface area contributed by atoms with Crippen molar-refractivity contribution >= 4 is 20.6 Å². The molecule has 0 N–H and O–H groups in total. The number of carbonyl (C=O) groups excluding carboxylic acids is 1. The standard InChI is InChI=1S/C20H27BrO/c1-15(8-6-9-16(2)14-19(21)22)11-12-18-17(3)10-7-13-20(18,4)5/h6,8-9,11-12,14H,7,10,13H2,1-5H3. The molecule has 2 heteroatoms. The van der Waals surface area contributed by atoms with E-state index < -0.39 is 0 Å². The van der Waals surface area contributed by atoms with Crippen molar-refractivity contribution in [2.75, 3.05) is 0 Å². The Labute approximate surface area is 143 Å². The SMILES string of the molecule is CC(C=CC1=C(C)CCCC1(C)C)=CC=CC(C)=CC(=O)Br. The van der Waals surface area contributed by atoms with E-state index in [0.29, 0.717) is 0 Å². The Morgan fingerprint density at radius 1 is 1.18 bits per heavy atom. The van der Waals surface area contributed by atoms with Crippen molar-refractivity contribution in [1.82, 2.24) is 0 Å². The molecule has 0 aromatic heterocycles. The van der Waals surface area contributed by atoms with Gasteiger partial charge >= 0.3 is 0 Å². The van der Waals surface area contributed by atoms with Crippen LogP contribution in [0.5, 0.6) is 0 Å². The lowest BCUT2D eigenvalue weighted by Crippen LogP contribution is -2.19. The Morgan fingerprint density at radius 3 is 2.45 bits per heavy atom. The molecule has 1 rings (SSSR count). The highest BCUT2D eigenvalue weighted by Crippen LogP contribution is 2.40. The van der Waals surface area contributed by atoms with Crippen molar-refractivity contribution in [1.29, 1.82) is 0 Å². The summed E-state index contributed by atoms with van der Waals surface area (Å²) in [7, 11) is 0. The van der Waals surface area contributed by atoms with Gasteiger partial charge in [-0.25, -0.2) is 0 Å². The van der Waals surface area contributed by atoms with Crippen LogP contribution in [0.1, 0.15) is 53.9 Å². The summed E-state index contributed by atoms with van der Waals surface area (Å²) >= 11 is 2.90. The van der Waals surface area contributed by atoms with E-state index in [2.05, 4.69) is 61.9 Å². The van der Waals surface area contributed by atoms with Crippen molar-refractivity contribution in [2.24, 2.45) is 5.41 Å². The van der Waals surface area contributed by atoms with Crippen LogP contribution in [0, 0.1) is 5.41 Å². The first-order valence-electron chi connectivity index (χ1n) is 7.83. The van der Waals surface area contributed by atoms with E-state index in [1.807, 2.05) is 19.1 Å². The van der Waals surface area contributed by atoms with Crippen LogP contribution in [-0.4, -0.2) is 4.69 Å². The second-order valence-corrected chi connectivity index (χ2v) is 7.51. The Bertz CT molecular complexity index is 569. The lowest BCUT2D eigenvalue weighted by Gasteiger charge is -2.32. The van der Waals surface area contributed by atoms with Gasteiger partial charge in [0.25, 0.3) is 0 Å². The number of allylic oxidation sites excluding steroid dienone is 10. The number of hydrogen-bond acceptors (Lipinski definition) is 1. The Morgan fingerprint density at radius 2 is 1.86 bits per heavy atom. The van der Waals surface area contributed by atoms with E-state index in [9.17, 15) is 4.79 Å². The minimum absolute atomic E-state index is 0.0998. The fourth-order valence-corrected chi connectivity index (χ4v) is 3.22. The third-order valence-corrected chi connectivity index (χ3v) is 4.34. The molecule has 0 aromatic rings. The van der Waals surface area contributed by atoms with Crippen molar-refractivity contribution in [3.63, 3.8) is 0 Å². The minimum atomic E-state index is -0.0998. The molecule has 22 heavy (non-hydrogen) atoms. The molecule has 0 amide bonds. The second kappa shape index (κ2) is 8.47. The van der Waals surface area contributed by atoms with Gasteiger partial charge in [0.1, 0.15) is 0 Å². The van der Waals surface area contributed by atoms with Gasteiger partial charge in [0.15, 0.2) is 0 Å². The molecule has 0 saturated heterocycles. The van der Waals surface area contributed by atoms with E-state index in [1.54, 1.807) is 6.08 Å². The highest BCUT2D eigenvalue weighted by molar-refractivity contribution is 9.18. The maximum absolute atomic E-state index is 10.9. The predicted octanol–water partition coefficient (Wildman–Crippen LogP) is 6.44. The van der Waals surface area contributed by atoms with Crippen LogP contribution >= 0.6 is 15.9 Å². The first-order valence-corrected chi connectivity index (χ1v) is 8.63. The zero-order valence-corrected chi connectivity index (χ0v) is 16.0. The number of carbonyl (C=O) groups is 1. The number of halogens is 1. The fourth-order valence-electron chi connectivity index (χ4n) is 2.86. The molecular weight excluding hydrogens is 336 g/mol. The van der Waals surface area contributed by atoms with Crippen molar-refractivity contribution in [3.8, 4) is 0 Å². The number of hydrogen-bond donors (Lipinski definition) is 0. The third kappa shape index (κ3) is 6.31. The fraction of sp³-hybridized carbons (Fsp3) is 0.450. The topological polar surface area (TPSA) is 17.1 Å². The van der Waals surface area contributed by atoms with Gasteiger partial charge in [-0.3, -0.25) is 4.79 Å². The maximum atomic E-state index is 10.9. The first kappa shape index (κ1) is 18.9. The summed E-state index contributed by atoms with van der Waals surface area (Å²) in [5.74, 6) is 0. The van der Waals surface area contributed by atoms with E-state index in [-0.39, 0.29) is 10.1 Å². The molecule has 0 heterocycles. The smallest absolute Gasteiger partial charge is 0.221 e. The van der Waals surface area contributed by atoms with Crippen molar-refractivity contribution in [3.05, 3.63) is 58.7 Å². The zero-order valence-electron chi connectivity index (χ0n) is 14.4. The molecule has 0 radical (unpaired) electrons. The monoisotopic (exact) mass is 362 g/mol. The Hall–Kier alpha value is -1.15. The van der Waals surface area contributed by atoms with Gasteiger partial charge < -0.3 is 0 Å². The molecule has 0 unspecified atom stereocenters. The zero-order chi connectivity index (χ0) is 16.8. The maximum Gasteiger partial charge on any atom is 0.221 e. The normalized spacial score (nSPS) is 20.3. The van der Waals surface area contributed by atoms with Crippen LogP contribution in [0.2, 0.25) is 0 Å². The average molecular weight is 363 g/mol. The summed E-state index contributed by atoms with van der Waals surface area (Å²) < 4.78 is -0.0998. The molecule has 0 atom stereocenters. The lowest BCUT2D eigenvalue weighted by atomic mass is 9.72. The average Bonchev–Trinajstić information content (AvgIpc) is 2.36. The predicted molar refractivity (Wildman–Crippen MR) is 100 cm³/mol. The van der Waals surface area contributed by atoms with Gasteiger partial charge in [-0.2, -0.15) is 0 Å². The molecule has 0 fully saturated rings.